The number of fused-ring (bicyclic) bond motifs is 1. The van der Waals surface area contributed by atoms with Gasteiger partial charge in [0.05, 0.1) is 32.1 Å². The molecule has 2 aromatic carbocycles. The van der Waals surface area contributed by atoms with Crippen LogP contribution in [0.2, 0.25) is 0 Å². The maximum atomic E-state index is 12.2. The summed E-state index contributed by atoms with van der Waals surface area (Å²) < 4.78 is 23.2. The molecular weight excluding hydrogens is 482 g/mol. The molecule has 2 unspecified atom stereocenters. The molecule has 38 heavy (non-hydrogen) atoms. The van der Waals surface area contributed by atoms with Crippen molar-refractivity contribution >= 4 is 11.6 Å². The van der Waals surface area contributed by atoms with Crippen molar-refractivity contribution in [2.75, 3.05) is 65.1 Å². The molecule has 208 valence electrons. The quantitative estimate of drug-likeness (QED) is 0.386. The zero-order valence-corrected chi connectivity index (χ0v) is 23.0. The van der Waals surface area contributed by atoms with E-state index in [9.17, 15) is 4.79 Å². The first kappa shape index (κ1) is 28.2. The van der Waals surface area contributed by atoms with Crippen molar-refractivity contribution in [3.05, 3.63) is 53.6 Å². The fourth-order valence-corrected chi connectivity index (χ4v) is 5.45. The Hall–Kier alpha value is -2.81. The zero-order chi connectivity index (χ0) is 26.7. The number of anilines is 1. The van der Waals surface area contributed by atoms with Crippen LogP contribution in [0.25, 0.3) is 0 Å². The van der Waals surface area contributed by atoms with Gasteiger partial charge in [0, 0.05) is 52.2 Å². The van der Waals surface area contributed by atoms with Gasteiger partial charge < -0.3 is 34.5 Å². The van der Waals surface area contributed by atoms with Gasteiger partial charge in [0.2, 0.25) is 5.91 Å². The van der Waals surface area contributed by atoms with Crippen molar-refractivity contribution in [2.24, 2.45) is 5.92 Å². The van der Waals surface area contributed by atoms with Crippen LogP contribution in [0.1, 0.15) is 43.2 Å². The highest BCUT2D eigenvalue weighted by Gasteiger charge is 2.35. The van der Waals surface area contributed by atoms with Gasteiger partial charge in [0.15, 0.2) is 0 Å². The molecule has 0 aliphatic carbocycles. The number of amides is 1. The van der Waals surface area contributed by atoms with Crippen molar-refractivity contribution in [2.45, 2.75) is 44.8 Å². The third-order valence-electron chi connectivity index (χ3n) is 7.42. The first-order valence-corrected chi connectivity index (χ1v) is 13.9. The Morgan fingerprint density at radius 3 is 2.76 bits per heavy atom. The summed E-state index contributed by atoms with van der Waals surface area (Å²) in [5.41, 5.74) is 3.45. The molecule has 0 radical (unpaired) electrons. The van der Waals surface area contributed by atoms with Crippen LogP contribution >= 0.6 is 0 Å². The second-order valence-corrected chi connectivity index (χ2v) is 10.1. The number of hydrogen-bond acceptors (Lipinski definition) is 7. The monoisotopic (exact) mass is 525 g/mol. The summed E-state index contributed by atoms with van der Waals surface area (Å²) in [4.78, 5) is 14.6. The van der Waals surface area contributed by atoms with E-state index in [0.29, 0.717) is 26.2 Å². The van der Waals surface area contributed by atoms with Crippen LogP contribution in [-0.2, 0) is 20.9 Å². The van der Waals surface area contributed by atoms with Crippen LogP contribution in [-0.4, -0.2) is 72.2 Å². The van der Waals surface area contributed by atoms with Crippen LogP contribution in [0.15, 0.2) is 42.5 Å². The largest absolute Gasteiger partial charge is 0.497 e. The fourth-order valence-electron chi connectivity index (χ4n) is 5.45. The molecule has 8 nitrogen and oxygen atoms in total. The summed E-state index contributed by atoms with van der Waals surface area (Å²) in [6.07, 6.45) is 2.34. The molecule has 3 atom stereocenters. The topological polar surface area (TPSA) is 81.3 Å². The third-order valence-corrected chi connectivity index (χ3v) is 7.42. The molecule has 1 amide bonds. The minimum atomic E-state index is -0.0321. The zero-order valence-electron chi connectivity index (χ0n) is 23.0. The molecule has 0 bridgehead atoms. The van der Waals surface area contributed by atoms with E-state index in [4.69, 9.17) is 18.9 Å². The number of carbonyl (C=O) groups excluding carboxylic acids is 1. The number of hydrogen-bond donors (Lipinski definition) is 2. The highest BCUT2D eigenvalue weighted by Crippen LogP contribution is 2.35. The molecule has 2 N–H and O–H groups in total. The van der Waals surface area contributed by atoms with Crippen molar-refractivity contribution in [1.29, 1.82) is 0 Å². The standard InChI is InChI=1S/C30H43N3O5/c1-4-6-29(34)32-19-24-18-31-20-28(30(24)23-8-10-25(36-3)11-9-23)38-21-22-7-12-27-26(17-22)33(14-16-37-27)13-5-15-35-2/h7-12,17,24,28,30-31H,4-6,13-16,18-21H2,1-3H3,(H,32,34)/t24?,28-,30?/m0/s1. The molecule has 2 aliphatic rings. The second-order valence-electron chi connectivity index (χ2n) is 10.1. The lowest BCUT2D eigenvalue weighted by molar-refractivity contribution is -0.121. The van der Waals surface area contributed by atoms with E-state index < -0.39 is 0 Å². The number of benzene rings is 2. The van der Waals surface area contributed by atoms with Gasteiger partial charge in [-0.2, -0.15) is 0 Å². The third kappa shape index (κ3) is 7.40. The van der Waals surface area contributed by atoms with E-state index in [1.165, 1.54) is 5.56 Å². The van der Waals surface area contributed by atoms with Gasteiger partial charge in [-0.15, -0.1) is 0 Å². The Morgan fingerprint density at radius 2 is 2.00 bits per heavy atom. The fraction of sp³-hybridized carbons (Fsp3) is 0.567. The second kappa shape index (κ2) is 14.4. The predicted octanol–water partition coefficient (Wildman–Crippen LogP) is 3.74. The average Bonchev–Trinajstić information content (AvgIpc) is 2.95. The smallest absolute Gasteiger partial charge is 0.219 e. The Bertz CT molecular complexity index is 1020. The van der Waals surface area contributed by atoms with Gasteiger partial charge in [0.1, 0.15) is 18.1 Å². The minimum absolute atomic E-state index is 0.0321. The van der Waals surface area contributed by atoms with E-state index in [-0.39, 0.29) is 23.8 Å². The van der Waals surface area contributed by atoms with Gasteiger partial charge >= 0.3 is 0 Å². The molecule has 0 saturated carbocycles. The molecule has 8 heteroatoms. The molecule has 1 fully saturated rings. The predicted molar refractivity (Wildman–Crippen MR) is 149 cm³/mol. The van der Waals surface area contributed by atoms with Crippen molar-refractivity contribution in [3.8, 4) is 11.5 Å². The number of rotatable bonds is 13. The number of carbonyl (C=O) groups is 1. The molecule has 0 aromatic heterocycles. The lowest BCUT2D eigenvalue weighted by Crippen LogP contribution is -2.50. The number of nitrogens with one attached hydrogen (secondary N) is 2. The van der Waals surface area contributed by atoms with Gasteiger partial charge in [-0.25, -0.2) is 0 Å². The van der Waals surface area contributed by atoms with Gasteiger partial charge in [-0.05, 0) is 54.2 Å². The molecule has 4 rings (SSSR count). The summed E-state index contributed by atoms with van der Waals surface area (Å²) in [5.74, 6) is 2.23. The Kier molecular flexibility index (Phi) is 10.7. The SMILES string of the molecule is CCCC(=O)NCC1CNC[C@H](OCc2ccc3c(c2)N(CCCOC)CCO3)C1c1ccc(OC)cc1. The van der Waals surface area contributed by atoms with E-state index in [2.05, 4.69) is 45.9 Å². The van der Waals surface area contributed by atoms with E-state index in [0.717, 1.165) is 68.4 Å². The average molecular weight is 526 g/mol. The van der Waals surface area contributed by atoms with Crippen molar-refractivity contribution in [3.63, 3.8) is 0 Å². The van der Waals surface area contributed by atoms with E-state index in [1.54, 1.807) is 14.2 Å². The molecule has 2 heterocycles. The Morgan fingerprint density at radius 1 is 1.16 bits per heavy atom. The summed E-state index contributed by atoms with van der Waals surface area (Å²) in [6, 6.07) is 14.6. The summed E-state index contributed by atoms with van der Waals surface area (Å²) in [6.45, 7) is 7.99. The summed E-state index contributed by atoms with van der Waals surface area (Å²) in [5, 5.41) is 6.69. The lowest BCUT2D eigenvalue weighted by atomic mass is 9.79. The van der Waals surface area contributed by atoms with Crippen LogP contribution in [0.5, 0.6) is 11.5 Å². The lowest BCUT2D eigenvalue weighted by Gasteiger charge is -2.39. The Labute approximate surface area is 227 Å². The molecule has 1 saturated heterocycles. The van der Waals surface area contributed by atoms with Crippen LogP contribution in [0.3, 0.4) is 0 Å². The van der Waals surface area contributed by atoms with Crippen LogP contribution < -0.4 is 25.0 Å². The van der Waals surface area contributed by atoms with Crippen molar-refractivity contribution in [1.82, 2.24) is 10.6 Å². The number of ether oxygens (including phenoxy) is 4. The summed E-state index contributed by atoms with van der Waals surface area (Å²) in [7, 11) is 3.42. The first-order chi connectivity index (χ1) is 18.6. The molecule has 2 aliphatic heterocycles. The van der Waals surface area contributed by atoms with E-state index >= 15 is 0 Å². The van der Waals surface area contributed by atoms with Gasteiger partial charge in [-0.1, -0.05) is 25.1 Å². The Balaban J connectivity index is 1.48. The normalized spacial score (nSPS) is 20.9. The minimum Gasteiger partial charge on any atom is -0.497 e. The number of piperidine rings is 1. The summed E-state index contributed by atoms with van der Waals surface area (Å²) >= 11 is 0. The van der Waals surface area contributed by atoms with Crippen LogP contribution in [0, 0.1) is 5.92 Å². The molecule has 2 aromatic rings. The molecule has 0 spiro atoms. The maximum absolute atomic E-state index is 12.2. The highest BCUT2D eigenvalue weighted by atomic mass is 16.5. The number of nitrogens with zero attached hydrogens (tertiary/aromatic N) is 1. The maximum Gasteiger partial charge on any atom is 0.219 e. The van der Waals surface area contributed by atoms with Gasteiger partial charge in [-0.3, -0.25) is 4.79 Å². The molecular formula is C30H43N3O5. The van der Waals surface area contributed by atoms with Crippen LogP contribution in [0.4, 0.5) is 5.69 Å². The first-order valence-electron chi connectivity index (χ1n) is 13.9. The van der Waals surface area contributed by atoms with Gasteiger partial charge in [0.25, 0.3) is 0 Å². The van der Waals surface area contributed by atoms with Crippen molar-refractivity contribution < 1.29 is 23.7 Å². The van der Waals surface area contributed by atoms with E-state index in [1.807, 2.05) is 19.1 Å². The highest BCUT2D eigenvalue weighted by molar-refractivity contribution is 5.75. The number of methoxy groups -OCH3 is 2.